The number of oxime groups is 1. The molecule has 21 heteroatoms. The lowest BCUT2D eigenvalue weighted by Gasteiger charge is -2.50. The van der Waals surface area contributed by atoms with Crippen molar-refractivity contribution in [1.29, 1.82) is 5.41 Å². The number of aliphatic carboxylic acids is 1. The molecule has 1 aromatic heterocycles. The summed E-state index contributed by atoms with van der Waals surface area (Å²) in [4.78, 5) is 48.4. The number of piperidine rings is 1. The van der Waals surface area contributed by atoms with E-state index in [0.29, 0.717) is 29.3 Å². The van der Waals surface area contributed by atoms with Crippen LogP contribution in [0.3, 0.4) is 0 Å². The molecule has 0 aliphatic carbocycles. The van der Waals surface area contributed by atoms with Gasteiger partial charge in [0.1, 0.15) is 23.3 Å². The first kappa shape index (κ1) is 36.9. The lowest BCUT2D eigenvalue weighted by molar-refractivity contribution is -0.218. The summed E-state index contributed by atoms with van der Waals surface area (Å²) in [5.74, 6) is -2.96. The second kappa shape index (κ2) is 14.1. The minimum absolute atomic E-state index is 0.0119. The molecule has 2 fully saturated rings. The molecule has 0 saturated carbocycles. The molecule has 2 saturated heterocycles. The van der Waals surface area contributed by atoms with Gasteiger partial charge in [0, 0.05) is 36.1 Å². The van der Waals surface area contributed by atoms with Gasteiger partial charge < -0.3 is 41.5 Å². The van der Waals surface area contributed by atoms with Gasteiger partial charge in [0.05, 0.1) is 5.54 Å². The lowest BCUT2D eigenvalue weighted by Crippen LogP contribution is -2.76. The van der Waals surface area contributed by atoms with E-state index in [1.165, 1.54) is 26.2 Å². The summed E-state index contributed by atoms with van der Waals surface area (Å²) in [5, 5.41) is 43.1. The summed E-state index contributed by atoms with van der Waals surface area (Å²) < 4.78 is 41.7. The van der Waals surface area contributed by atoms with E-state index in [4.69, 9.17) is 25.3 Å². The van der Waals surface area contributed by atoms with Crippen LogP contribution in [0, 0.1) is 11.3 Å². The number of thiazole rings is 1. The number of carbonyl (C=O) groups is 3. The van der Waals surface area contributed by atoms with Crippen LogP contribution in [0.15, 0.2) is 28.7 Å². The average Bonchev–Trinajstić information content (AvgIpc) is 3.50. The Morgan fingerprint density at radius 1 is 1.32 bits per heavy atom. The van der Waals surface area contributed by atoms with Crippen molar-refractivity contribution in [2.45, 2.75) is 69.4 Å². The van der Waals surface area contributed by atoms with E-state index in [9.17, 15) is 33.0 Å². The number of hydroxylamine groups is 2. The minimum Gasteiger partial charge on any atom is -0.485 e. The SMILES string of the molecule is CC1(C)[C@H](NC(=O)/C(=N\O[C@](C)(C(=O)O)[C@H]2CCc3cc(C(=N)N[C@@H]4CCNC[C@@H]4CO)ccc3O2)c2csc(N)n2)C(=O)N1OS(=O)(=O)O. The summed E-state index contributed by atoms with van der Waals surface area (Å²) in [6, 6.07) is 3.67. The Hall–Kier alpha value is -4.41. The van der Waals surface area contributed by atoms with Crippen molar-refractivity contribution in [3.8, 4) is 5.75 Å². The van der Waals surface area contributed by atoms with Crippen LogP contribution in [0.5, 0.6) is 5.75 Å². The number of β-lactam (4-membered cyclic amide) rings is 1. The van der Waals surface area contributed by atoms with Gasteiger partial charge in [-0.3, -0.25) is 19.6 Å². The van der Waals surface area contributed by atoms with E-state index in [-0.39, 0.29) is 41.6 Å². The monoisotopic (exact) mass is 738 g/mol. The molecule has 4 heterocycles. The van der Waals surface area contributed by atoms with Gasteiger partial charge in [0.15, 0.2) is 16.9 Å². The Kier molecular flexibility index (Phi) is 10.4. The van der Waals surface area contributed by atoms with Gasteiger partial charge in [-0.25, -0.2) is 9.78 Å². The largest absolute Gasteiger partial charge is 0.485 e. The van der Waals surface area contributed by atoms with E-state index in [2.05, 4.69) is 30.4 Å². The molecule has 0 unspecified atom stereocenters. The number of aliphatic hydroxyl groups is 1. The Bertz CT molecular complexity index is 1820. The van der Waals surface area contributed by atoms with E-state index < -0.39 is 57.2 Å². The first-order chi connectivity index (χ1) is 23.4. The molecule has 3 aliphatic rings. The van der Waals surface area contributed by atoms with Crippen LogP contribution in [0.4, 0.5) is 5.13 Å². The standard InChI is InChI=1S/C29H38N8O11S2/c1-28(2)22(25(40)37(28)48-50(43,44)45)35-24(39)21(18-13-49-27(31)34-18)36-47-29(3,26(41)42)20-7-5-14-10-15(4-6-19(14)46-20)23(30)33-17-8-9-32-11-16(17)12-38/h4,6,10,13,16-17,20,22,32,38H,5,7-9,11-12H2,1-3H3,(H2,30,33)(H2,31,34)(H,35,39)(H,41,42)(H,43,44,45)/b36-21-/t16-,17-,20-,22-,29+/m1/s1. The second-order valence-electron chi connectivity index (χ2n) is 12.7. The predicted molar refractivity (Wildman–Crippen MR) is 177 cm³/mol. The smallest absolute Gasteiger partial charge is 0.418 e. The number of amides is 2. The number of nitrogen functional groups attached to an aromatic ring is 1. The van der Waals surface area contributed by atoms with Crippen LogP contribution < -0.4 is 26.4 Å². The highest BCUT2D eigenvalue weighted by atomic mass is 32.3. The van der Waals surface area contributed by atoms with Crippen LogP contribution in [0.2, 0.25) is 0 Å². The summed E-state index contributed by atoms with van der Waals surface area (Å²) in [6.07, 6.45) is 0.180. The van der Waals surface area contributed by atoms with Crippen molar-refractivity contribution in [3.05, 3.63) is 40.4 Å². The van der Waals surface area contributed by atoms with Crippen LogP contribution >= 0.6 is 11.3 Å². The molecule has 0 spiro atoms. The van der Waals surface area contributed by atoms with Crippen LogP contribution in [0.25, 0.3) is 0 Å². The summed E-state index contributed by atoms with van der Waals surface area (Å²) in [7, 11) is -5.04. The Balaban J connectivity index is 1.33. The van der Waals surface area contributed by atoms with Gasteiger partial charge in [-0.2, -0.15) is 13.5 Å². The molecular formula is C29H38N8O11S2. The number of aryl methyl sites for hydroxylation is 1. The van der Waals surface area contributed by atoms with Gasteiger partial charge in [-0.15, -0.1) is 15.6 Å². The summed E-state index contributed by atoms with van der Waals surface area (Å²) in [6.45, 7) is 5.36. The maximum absolute atomic E-state index is 13.5. The number of hydrogen-bond acceptors (Lipinski definition) is 15. The number of rotatable bonds is 12. The Morgan fingerprint density at radius 2 is 2.06 bits per heavy atom. The number of fused-ring (bicyclic) bond motifs is 1. The molecule has 0 bridgehead atoms. The van der Waals surface area contributed by atoms with Gasteiger partial charge in [-0.05, 0) is 70.3 Å². The number of carboxylic acids is 1. The molecule has 19 nitrogen and oxygen atoms in total. The molecule has 1 aromatic carbocycles. The number of nitrogens with zero attached hydrogens (tertiary/aromatic N) is 3. The molecule has 2 amide bonds. The van der Waals surface area contributed by atoms with Crippen molar-refractivity contribution in [2.24, 2.45) is 11.1 Å². The fourth-order valence-corrected chi connectivity index (χ4v) is 6.90. The third-order valence-electron chi connectivity index (χ3n) is 8.93. The first-order valence-electron chi connectivity index (χ1n) is 15.4. The molecule has 2 aromatic rings. The quantitative estimate of drug-likeness (QED) is 0.0444. The fourth-order valence-electron chi connectivity index (χ4n) is 5.90. The number of hydrogen-bond donors (Lipinski definition) is 8. The zero-order valence-corrected chi connectivity index (χ0v) is 28.8. The fraction of sp³-hybridized carbons (Fsp3) is 0.517. The predicted octanol–water partition coefficient (Wildman–Crippen LogP) is -0.592. The number of aromatic nitrogens is 1. The Morgan fingerprint density at radius 3 is 2.68 bits per heavy atom. The number of carboxylic acid groups (broad SMARTS) is 1. The normalized spacial score (nSPS) is 24.5. The number of nitrogens with two attached hydrogens (primary N) is 1. The number of ether oxygens (including phenoxy) is 1. The zero-order chi connectivity index (χ0) is 36.6. The molecule has 5 rings (SSSR count). The van der Waals surface area contributed by atoms with E-state index >= 15 is 0 Å². The third kappa shape index (κ3) is 7.51. The molecule has 9 N–H and O–H groups in total. The van der Waals surface area contributed by atoms with Crippen molar-refractivity contribution in [3.63, 3.8) is 0 Å². The van der Waals surface area contributed by atoms with Crippen molar-refractivity contribution in [2.75, 3.05) is 25.4 Å². The van der Waals surface area contributed by atoms with E-state index in [1.807, 2.05) is 0 Å². The number of carbonyl (C=O) groups excluding carboxylic acids is 2. The molecule has 3 aliphatic heterocycles. The van der Waals surface area contributed by atoms with E-state index in [0.717, 1.165) is 29.9 Å². The second-order valence-corrected chi connectivity index (χ2v) is 14.6. The Labute approximate surface area is 290 Å². The number of amidine groups is 1. The van der Waals surface area contributed by atoms with Crippen molar-refractivity contribution < 1.29 is 51.4 Å². The zero-order valence-electron chi connectivity index (χ0n) is 27.2. The summed E-state index contributed by atoms with van der Waals surface area (Å²) >= 11 is 0.956. The average molecular weight is 739 g/mol. The highest BCUT2D eigenvalue weighted by Crippen LogP contribution is 2.35. The van der Waals surface area contributed by atoms with Gasteiger partial charge in [0.2, 0.25) is 0 Å². The van der Waals surface area contributed by atoms with Crippen molar-refractivity contribution in [1.82, 2.24) is 26.0 Å². The maximum Gasteiger partial charge on any atom is 0.418 e. The van der Waals surface area contributed by atoms with Crippen LogP contribution in [0.1, 0.15) is 50.4 Å². The van der Waals surface area contributed by atoms with Gasteiger partial charge in [-0.1, -0.05) is 5.16 Å². The van der Waals surface area contributed by atoms with Crippen molar-refractivity contribution >= 4 is 56.2 Å². The highest BCUT2D eigenvalue weighted by Gasteiger charge is 2.58. The minimum atomic E-state index is -5.04. The highest BCUT2D eigenvalue weighted by molar-refractivity contribution is 7.80. The van der Waals surface area contributed by atoms with Gasteiger partial charge >= 0.3 is 16.4 Å². The molecule has 50 heavy (non-hydrogen) atoms. The number of anilines is 1. The molecule has 5 atom stereocenters. The number of benzene rings is 1. The molecule has 272 valence electrons. The number of nitrogens with one attached hydrogen (secondary N) is 4. The molecular weight excluding hydrogens is 700 g/mol. The van der Waals surface area contributed by atoms with E-state index in [1.54, 1.807) is 18.2 Å². The van der Waals surface area contributed by atoms with Gasteiger partial charge in [0.25, 0.3) is 17.4 Å². The summed E-state index contributed by atoms with van der Waals surface area (Å²) in [5.41, 5.74) is 2.88. The maximum atomic E-state index is 13.5. The van der Waals surface area contributed by atoms with Crippen LogP contribution in [-0.2, 0) is 40.3 Å². The molecule has 0 radical (unpaired) electrons. The van der Waals surface area contributed by atoms with Crippen LogP contribution in [-0.4, -0.2) is 112 Å². The topological polar surface area (TPSA) is 288 Å². The lowest BCUT2D eigenvalue weighted by atomic mass is 9.84. The number of aliphatic hydroxyl groups excluding tert-OH is 1. The first-order valence-corrected chi connectivity index (χ1v) is 17.7. The third-order valence-corrected chi connectivity index (χ3v) is 9.94.